The van der Waals surface area contributed by atoms with Crippen molar-refractivity contribution in [3.05, 3.63) is 28.7 Å². The van der Waals surface area contributed by atoms with Crippen LogP contribution in [0.5, 0.6) is 0 Å². The highest BCUT2D eigenvalue weighted by Crippen LogP contribution is 2.37. The van der Waals surface area contributed by atoms with Crippen LogP contribution in [0.1, 0.15) is 63.8 Å². The van der Waals surface area contributed by atoms with Gasteiger partial charge in [-0.05, 0) is 42.9 Å². The Kier molecular flexibility index (Phi) is 3.05. The largest absolute Gasteiger partial charge is 0.211 e. The van der Waals surface area contributed by atoms with Gasteiger partial charge in [-0.2, -0.15) is 0 Å². The molecule has 0 saturated heterocycles. The number of aromatic nitrogens is 3. The third-order valence-electron chi connectivity index (χ3n) is 4.48. The molecular formula is C15H20ClN3. The lowest BCUT2D eigenvalue weighted by Gasteiger charge is -2.25. The summed E-state index contributed by atoms with van der Waals surface area (Å²) in [5.74, 6) is 1.55. The number of halogens is 1. The fourth-order valence-corrected chi connectivity index (χ4v) is 2.64. The first-order valence-electron chi connectivity index (χ1n) is 7.08. The summed E-state index contributed by atoms with van der Waals surface area (Å²) in [5, 5.41) is 5.24. The number of hydrogen-bond acceptors (Lipinski definition) is 2. The molecular weight excluding hydrogens is 258 g/mol. The van der Waals surface area contributed by atoms with Gasteiger partial charge in [-0.15, -0.1) is 5.10 Å². The Morgan fingerprint density at radius 3 is 2.68 bits per heavy atom. The molecule has 0 N–H and O–H groups in total. The Morgan fingerprint density at radius 2 is 2.11 bits per heavy atom. The highest BCUT2D eigenvalue weighted by Gasteiger charge is 2.25. The molecule has 0 radical (unpaired) electrons. The molecule has 1 aliphatic carbocycles. The molecule has 3 nitrogen and oxygen atoms in total. The van der Waals surface area contributed by atoms with Crippen molar-refractivity contribution < 1.29 is 0 Å². The third kappa shape index (κ3) is 2.14. The van der Waals surface area contributed by atoms with Crippen LogP contribution in [0.2, 0.25) is 5.15 Å². The van der Waals surface area contributed by atoms with Crippen LogP contribution in [0.4, 0.5) is 0 Å². The second kappa shape index (κ2) is 4.48. The Hall–Kier alpha value is -1.09. The normalized spacial score (nSPS) is 16.8. The fraction of sp³-hybridized carbons (Fsp3) is 0.600. The average molecular weight is 278 g/mol. The molecule has 1 saturated carbocycles. The van der Waals surface area contributed by atoms with E-state index in [0.717, 1.165) is 17.9 Å². The van der Waals surface area contributed by atoms with Crippen LogP contribution in [-0.2, 0) is 5.41 Å². The van der Waals surface area contributed by atoms with E-state index in [-0.39, 0.29) is 5.41 Å². The van der Waals surface area contributed by atoms with E-state index in [2.05, 4.69) is 43.0 Å². The zero-order chi connectivity index (χ0) is 13.6. The average Bonchev–Trinajstić information content (AvgIpc) is 2.72. The minimum Gasteiger partial charge on any atom is -0.211 e. The predicted octanol–water partition coefficient (Wildman–Crippen LogP) is 4.34. The van der Waals surface area contributed by atoms with E-state index < -0.39 is 0 Å². The van der Waals surface area contributed by atoms with Gasteiger partial charge < -0.3 is 0 Å². The van der Waals surface area contributed by atoms with Crippen molar-refractivity contribution in [1.82, 2.24) is 14.6 Å². The molecule has 0 aliphatic heterocycles. The van der Waals surface area contributed by atoms with Crippen LogP contribution in [-0.4, -0.2) is 14.6 Å². The molecule has 0 unspecified atom stereocenters. The minimum atomic E-state index is -0.00795. The molecule has 19 heavy (non-hydrogen) atoms. The van der Waals surface area contributed by atoms with Crippen molar-refractivity contribution in [3.63, 3.8) is 0 Å². The molecule has 2 heterocycles. The standard InChI is InChI=1S/C15H20ClN3/c1-4-15(2,3)14-17-13-9-11(10-6-5-7-10)8-12(16)19(13)18-14/h8-10H,4-7H2,1-3H3. The summed E-state index contributed by atoms with van der Waals surface area (Å²) in [6, 6.07) is 4.20. The zero-order valence-electron chi connectivity index (χ0n) is 11.8. The Balaban J connectivity index is 2.09. The van der Waals surface area contributed by atoms with E-state index in [4.69, 9.17) is 11.6 Å². The predicted molar refractivity (Wildman–Crippen MR) is 77.9 cm³/mol. The summed E-state index contributed by atoms with van der Waals surface area (Å²) in [6.07, 6.45) is 4.88. The van der Waals surface area contributed by atoms with Crippen LogP contribution in [0.3, 0.4) is 0 Å². The fourth-order valence-electron chi connectivity index (χ4n) is 2.39. The van der Waals surface area contributed by atoms with Crippen LogP contribution in [0.15, 0.2) is 12.1 Å². The summed E-state index contributed by atoms with van der Waals surface area (Å²) < 4.78 is 1.76. The lowest BCUT2D eigenvalue weighted by Crippen LogP contribution is -2.17. The van der Waals surface area contributed by atoms with Crippen molar-refractivity contribution in [2.24, 2.45) is 0 Å². The highest BCUT2D eigenvalue weighted by molar-refractivity contribution is 6.29. The maximum Gasteiger partial charge on any atom is 0.157 e. The molecule has 2 aromatic heterocycles. The first-order chi connectivity index (χ1) is 9.01. The van der Waals surface area contributed by atoms with Gasteiger partial charge in [0.1, 0.15) is 5.15 Å². The molecule has 102 valence electrons. The van der Waals surface area contributed by atoms with Gasteiger partial charge in [0.15, 0.2) is 11.5 Å². The zero-order valence-corrected chi connectivity index (χ0v) is 12.5. The minimum absolute atomic E-state index is 0.00795. The van der Waals surface area contributed by atoms with Crippen molar-refractivity contribution >= 4 is 17.2 Å². The van der Waals surface area contributed by atoms with Crippen LogP contribution in [0.25, 0.3) is 5.65 Å². The second-order valence-corrected chi connectivity index (χ2v) is 6.57. The van der Waals surface area contributed by atoms with E-state index in [1.807, 2.05) is 0 Å². The molecule has 4 heteroatoms. The molecule has 0 aromatic carbocycles. The lowest BCUT2D eigenvalue weighted by atomic mass is 9.80. The molecule has 0 bridgehead atoms. The quantitative estimate of drug-likeness (QED) is 0.782. The number of hydrogen-bond donors (Lipinski definition) is 0. The van der Waals surface area contributed by atoms with Crippen molar-refractivity contribution in [1.29, 1.82) is 0 Å². The summed E-state index contributed by atoms with van der Waals surface area (Å²) in [6.45, 7) is 6.50. The topological polar surface area (TPSA) is 30.2 Å². The van der Waals surface area contributed by atoms with Crippen LogP contribution < -0.4 is 0 Å². The lowest BCUT2D eigenvalue weighted by molar-refractivity contribution is 0.419. The summed E-state index contributed by atoms with van der Waals surface area (Å²) in [7, 11) is 0. The van der Waals surface area contributed by atoms with E-state index >= 15 is 0 Å². The molecule has 1 aliphatic rings. The monoisotopic (exact) mass is 277 g/mol. The number of pyridine rings is 1. The smallest absolute Gasteiger partial charge is 0.157 e. The van der Waals surface area contributed by atoms with Gasteiger partial charge in [-0.3, -0.25) is 0 Å². The summed E-state index contributed by atoms with van der Waals surface area (Å²) in [5.41, 5.74) is 2.19. The van der Waals surface area contributed by atoms with Gasteiger partial charge in [-0.1, -0.05) is 38.8 Å². The van der Waals surface area contributed by atoms with Gasteiger partial charge in [0.2, 0.25) is 0 Å². The SMILES string of the molecule is CCC(C)(C)c1nc2cc(C3CCC3)cc(Cl)n2n1. The third-order valence-corrected chi connectivity index (χ3v) is 4.75. The summed E-state index contributed by atoms with van der Waals surface area (Å²) >= 11 is 6.35. The number of rotatable bonds is 3. The first-order valence-corrected chi connectivity index (χ1v) is 7.46. The van der Waals surface area contributed by atoms with Gasteiger partial charge in [0.25, 0.3) is 0 Å². The molecule has 2 aromatic rings. The van der Waals surface area contributed by atoms with Gasteiger partial charge in [0, 0.05) is 5.41 Å². The van der Waals surface area contributed by atoms with E-state index in [9.17, 15) is 0 Å². The van der Waals surface area contributed by atoms with Gasteiger partial charge >= 0.3 is 0 Å². The van der Waals surface area contributed by atoms with Crippen molar-refractivity contribution in [2.45, 2.75) is 57.8 Å². The summed E-state index contributed by atoms with van der Waals surface area (Å²) in [4.78, 5) is 4.68. The highest BCUT2D eigenvalue weighted by atomic mass is 35.5. The van der Waals surface area contributed by atoms with Crippen molar-refractivity contribution in [3.8, 4) is 0 Å². The second-order valence-electron chi connectivity index (χ2n) is 6.18. The maximum absolute atomic E-state index is 6.35. The molecule has 0 atom stereocenters. The Morgan fingerprint density at radius 1 is 1.37 bits per heavy atom. The molecule has 3 rings (SSSR count). The van der Waals surface area contributed by atoms with Crippen molar-refractivity contribution in [2.75, 3.05) is 0 Å². The van der Waals surface area contributed by atoms with Gasteiger partial charge in [0.05, 0.1) is 0 Å². The molecule has 0 amide bonds. The first kappa shape index (κ1) is 12.9. The van der Waals surface area contributed by atoms with E-state index in [1.54, 1.807) is 4.52 Å². The van der Waals surface area contributed by atoms with E-state index in [1.165, 1.54) is 24.8 Å². The Bertz CT molecular complexity index is 611. The number of fused-ring (bicyclic) bond motifs is 1. The molecule has 0 spiro atoms. The Labute approximate surface area is 119 Å². The van der Waals surface area contributed by atoms with E-state index in [0.29, 0.717) is 11.1 Å². The van der Waals surface area contributed by atoms with Crippen LogP contribution in [0, 0.1) is 0 Å². The van der Waals surface area contributed by atoms with Crippen LogP contribution >= 0.6 is 11.6 Å². The number of nitrogens with zero attached hydrogens (tertiary/aromatic N) is 3. The van der Waals surface area contributed by atoms with Gasteiger partial charge in [-0.25, -0.2) is 9.50 Å². The maximum atomic E-state index is 6.35. The molecule has 1 fully saturated rings.